The molecule has 0 aliphatic rings. The van der Waals surface area contributed by atoms with Crippen LogP contribution in [0.25, 0.3) is 11.3 Å². The minimum Gasteiger partial charge on any atom is -0.480 e. The highest BCUT2D eigenvalue weighted by Gasteiger charge is 2.15. The van der Waals surface area contributed by atoms with Crippen molar-refractivity contribution in [3.8, 4) is 11.3 Å². The zero-order valence-electron chi connectivity index (χ0n) is 12.2. The van der Waals surface area contributed by atoms with Crippen LogP contribution < -0.4 is 10.9 Å². The minimum atomic E-state index is -1.16. The number of aromatic nitrogens is 2. The Morgan fingerprint density at radius 3 is 2.52 bits per heavy atom. The second kappa shape index (κ2) is 7.06. The quantitative estimate of drug-likeness (QED) is 0.853. The molecule has 1 amide bonds. The van der Waals surface area contributed by atoms with Crippen molar-refractivity contribution in [3.63, 3.8) is 0 Å². The predicted molar refractivity (Wildman–Crippen MR) is 84.2 cm³/mol. The van der Waals surface area contributed by atoms with Crippen molar-refractivity contribution >= 4 is 23.5 Å². The Labute approximate surface area is 136 Å². The molecule has 2 rings (SSSR count). The van der Waals surface area contributed by atoms with Crippen molar-refractivity contribution in [2.24, 2.45) is 0 Å². The van der Waals surface area contributed by atoms with Crippen LogP contribution in [-0.4, -0.2) is 32.8 Å². The third-order valence-electron chi connectivity index (χ3n) is 3.05. The summed E-state index contributed by atoms with van der Waals surface area (Å²) in [5.41, 5.74) is 0.781. The summed E-state index contributed by atoms with van der Waals surface area (Å²) in [7, 11) is 0. The van der Waals surface area contributed by atoms with Gasteiger partial charge in [0.2, 0.25) is 5.91 Å². The highest BCUT2D eigenvalue weighted by molar-refractivity contribution is 6.30. The number of carboxylic acids is 1. The lowest BCUT2D eigenvalue weighted by atomic mass is 10.1. The highest BCUT2D eigenvalue weighted by atomic mass is 35.5. The van der Waals surface area contributed by atoms with E-state index < -0.39 is 23.5 Å². The van der Waals surface area contributed by atoms with Gasteiger partial charge in [-0.2, -0.15) is 5.10 Å². The summed E-state index contributed by atoms with van der Waals surface area (Å²) in [6, 6.07) is 8.66. The van der Waals surface area contributed by atoms with Gasteiger partial charge < -0.3 is 10.4 Å². The molecule has 0 saturated carbocycles. The fraction of sp³-hybridized carbons (Fsp3) is 0.200. The first-order chi connectivity index (χ1) is 10.9. The van der Waals surface area contributed by atoms with Crippen LogP contribution >= 0.6 is 11.6 Å². The number of carbonyl (C=O) groups excluding carboxylic acids is 1. The van der Waals surface area contributed by atoms with Crippen molar-refractivity contribution < 1.29 is 14.7 Å². The fourth-order valence-corrected chi connectivity index (χ4v) is 1.95. The fourth-order valence-electron chi connectivity index (χ4n) is 1.82. The van der Waals surface area contributed by atoms with Crippen LogP contribution in [0.1, 0.15) is 6.92 Å². The van der Waals surface area contributed by atoms with Gasteiger partial charge in [0.1, 0.15) is 12.6 Å². The average molecular weight is 336 g/mol. The second-order valence-electron chi connectivity index (χ2n) is 4.85. The molecule has 0 unspecified atom stereocenters. The molecule has 0 spiro atoms. The molecule has 1 heterocycles. The molecule has 1 atom stereocenters. The average Bonchev–Trinajstić information content (AvgIpc) is 2.50. The van der Waals surface area contributed by atoms with E-state index in [1.165, 1.54) is 13.0 Å². The monoisotopic (exact) mass is 335 g/mol. The van der Waals surface area contributed by atoms with E-state index in [4.69, 9.17) is 16.7 Å². The van der Waals surface area contributed by atoms with Crippen molar-refractivity contribution in [1.82, 2.24) is 15.1 Å². The summed E-state index contributed by atoms with van der Waals surface area (Å²) in [6.45, 7) is 0.971. The molecule has 0 aliphatic carbocycles. The van der Waals surface area contributed by atoms with Crippen molar-refractivity contribution in [3.05, 3.63) is 51.8 Å². The first kappa shape index (κ1) is 16.7. The van der Waals surface area contributed by atoms with Gasteiger partial charge in [-0.1, -0.05) is 23.7 Å². The van der Waals surface area contributed by atoms with E-state index in [2.05, 4.69) is 10.4 Å². The summed E-state index contributed by atoms with van der Waals surface area (Å²) in [5.74, 6) is -1.77. The van der Waals surface area contributed by atoms with Crippen LogP contribution in [0.4, 0.5) is 0 Å². The normalized spacial score (nSPS) is 11.7. The van der Waals surface area contributed by atoms with Gasteiger partial charge in [-0.3, -0.25) is 14.4 Å². The zero-order valence-corrected chi connectivity index (χ0v) is 12.9. The van der Waals surface area contributed by atoms with Crippen molar-refractivity contribution in [2.45, 2.75) is 19.5 Å². The smallest absolute Gasteiger partial charge is 0.325 e. The Bertz CT molecular complexity index is 786. The van der Waals surface area contributed by atoms with Gasteiger partial charge in [-0.05, 0) is 25.1 Å². The van der Waals surface area contributed by atoms with Gasteiger partial charge in [-0.15, -0.1) is 0 Å². The minimum absolute atomic E-state index is 0.363. The Morgan fingerprint density at radius 2 is 1.91 bits per heavy atom. The van der Waals surface area contributed by atoms with Gasteiger partial charge in [-0.25, -0.2) is 4.68 Å². The Balaban J connectivity index is 2.21. The Kier molecular flexibility index (Phi) is 5.13. The number of carboxylic acid groups (broad SMARTS) is 1. The van der Waals surface area contributed by atoms with E-state index in [0.717, 1.165) is 10.2 Å². The third kappa shape index (κ3) is 4.40. The molecule has 2 N–H and O–H groups in total. The lowest BCUT2D eigenvalue weighted by Crippen LogP contribution is -2.41. The Morgan fingerprint density at radius 1 is 1.26 bits per heavy atom. The number of hydrogen-bond acceptors (Lipinski definition) is 4. The maximum absolute atomic E-state index is 11.8. The number of rotatable bonds is 5. The molecule has 120 valence electrons. The highest BCUT2D eigenvalue weighted by Crippen LogP contribution is 2.18. The molecule has 0 bridgehead atoms. The predicted octanol–water partition coefficient (Wildman–Crippen LogP) is 1.15. The molecule has 0 fully saturated rings. The summed E-state index contributed by atoms with van der Waals surface area (Å²) in [4.78, 5) is 34.3. The number of nitrogens with one attached hydrogen (secondary N) is 1. The summed E-state index contributed by atoms with van der Waals surface area (Å²) in [6.07, 6.45) is 0. The van der Waals surface area contributed by atoms with Gasteiger partial charge >= 0.3 is 5.97 Å². The molecule has 7 nitrogen and oxygen atoms in total. The zero-order chi connectivity index (χ0) is 17.0. The summed E-state index contributed by atoms with van der Waals surface area (Å²) < 4.78 is 0.980. The molecule has 0 aliphatic heterocycles. The molecule has 0 saturated heterocycles. The van der Waals surface area contributed by atoms with Crippen molar-refractivity contribution in [1.29, 1.82) is 0 Å². The largest absolute Gasteiger partial charge is 0.480 e. The second-order valence-corrected chi connectivity index (χ2v) is 5.29. The maximum Gasteiger partial charge on any atom is 0.325 e. The summed E-state index contributed by atoms with van der Waals surface area (Å²) >= 11 is 5.82. The van der Waals surface area contributed by atoms with Crippen molar-refractivity contribution in [2.75, 3.05) is 0 Å². The van der Waals surface area contributed by atoms with E-state index in [0.29, 0.717) is 10.7 Å². The van der Waals surface area contributed by atoms with E-state index in [1.54, 1.807) is 30.3 Å². The molecule has 1 aromatic heterocycles. The maximum atomic E-state index is 11.8. The van der Waals surface area contributed by atoms with E-state index in [9.17, 15) is 14.4 Å². The van der Waals surface area contributed by atoms with Crippen LogP contribution in [0.5, 0.6) is 0 Å². The molecule has 2 aromatic rings. The summed E-state index contributed by atoms with van der Waals surface area (Å²) in [5, 5.41) is 15.7. The first-order valence-corrected chi connectivity index (χ1v) is 7.11. The number of aliphatic carboxylic acids is 1. The Hall–Kier alpha value is -2.67. The number of halogens is 1. The van der Waals surface area contributed by atoms with E-state index in [-0.39, 0.29) is 6.54 Å². The number of amides is 1. The van der Waals surface area contributed by atoms with Gasteiger partial charge in [0, 0.05) is 16.7 Å². The lowest BCUT2D eigenvalue weighted by molar-refractivity contribution is -0.141. The molecule has 1 aromatic carbocycles. The van der Waals surface area contributed by atoms with Crippen LogP contribution in [0, 0.1) is 0 Å². The van der Waals surface area contributed by atoms with Crippen LogP contribution in [0.2, 0.25) is 5.02 Å². The van der Waals surface area contributed by atoms with Gasteiger partial charge in [0.15, 0.2) is 0 Å². The number of benzene rings is 1. The van der Waals surface area contributed by atoms with Crippen LogP contribution in [0.15, 0.2) is 41.2 Å². The van der Waals surface area contributed by atoms with E-state index in [1.807, 2.05) is 0 Å². The molecular formula is C15H14ClN3O4. The molecular weight excluding hydrogens is 322 g/mol. The standard InChI is InChI=1S/C15H14ClN3O4/c1-9(15(22)23)17-13(20)8-19-14(21)7-6-12(18-19)10-2-4-11(16)5-3-10/h2-7,9H,8H2,1H3,(H,17,20)(H,22,23)/t9-/m0/s1. The molecule has 0 radical (unpaired) electrons. The molecule has 23 heavy (non-hydrogen) atoms. The van der Waals surface area contributed by atoms with E-state index >= 15 is 0 Å². The lowest BCUT2D eigenvalue weighted by Gasteiger charge is -2.10. The van der Waals surface area contributed by atoms with Crippen LogP contribution in [-0.2, 0) is 16.1 Å². The van der Waals surface area contributed by atoms with Crippen LogP contribution in [0.3, 0.4) is 0 Å². The van der Waals surface area contributed by atoms with Gasteiger partial charge in [0.05, 0.1) is 5.69 Å². The van der Waals surface area contributed by atoms with Gasteiger partial charge in [0.25, 0.3) is 5.56 Å². The molecule has 8 heteroatoms. The number of hydrogen-bond donors (Lipinski definition) is 2. The number of carbonyl (C=O) groups is 2. The topological polar surface area (TPSA) is 101 Å². The SMILES string of the molecule is C[C@H](NC(=O)Cn1nc(-c2ccc(Cl)cc2)ccc1=O)C(=O)O. The third-order valence-corrected chi connectivity index (χ3v) is 3.30. The number of nitrogens with zero attached hydrogens (tertiary/aromatic N) is 2. The first-order valence-electron chi connectivity index (χ1n) is 6.73.